The lowest BCUT2D eigenvalue weighted by Gasteiger charge is -2.31. The van der Waals surface area contributed by atoms with Crippen molar-refractivity contribution in [2.24, 2.45) is 0 Å². The molecule has 0 N–H and O–H groups in total. The SMILES string of the molecule is c1ccc2nc(SC3CCN(CCc4cccc5ccccc45)CC3)ccc2c1. The summed E-state index contributed by atoms with van der Waals surface area (Å²) in [6, 6.07) is 28.2. The number of rotatable bonds is 5. The van der Waals surface area contributed by atoms with Crippen molar-refractivity contribution in [3.05, 3.63) is 84.4 Å². The molecule has 4 aromatic rings. The van der Waals surface area contributed by atoms with Crippen LogP contribution in [0.3, 0.4) is 0 Å². The van der Waals surface area contributed by atoms with E-state index >= 15 is 0 Å². The van der Waals surface area contributed by atoms with Gasteiger partial charge in [0.2, 0.25) is 0 Å². The molecule has 146 valence electrons. The average molecular weight is 399 g/mol. The summed E-state index contributed by atoms with van der Waals surface area (Å²) in [4.78, 5) is 7.47. The second-order valence-electron chi connectivity index (χ2n) is 7.89. The molecule has 1 aliphatic rings. The van der Waals surface area contributed by atoms with Gasteiger partial charge < -0.3 is 4.90 Å². The Hall–Kier alpha value is -2.36. The van der Waals surface area contributed by atoms with Crippen LogP contribution in [0.5, 0.6) is 0 Å². The standard InChI is InChI=1S/C26H26N2S/c1-3-10-24-20(6-1)8-5-9-21(24)14-17-28-18-15-23(16-19-28)29-26-13-12-22-7-2-4-11-25(22)27-26/h1-13,23H,14-19H2. The van der Waals surface area contributed by atoms with Crippen molar-refractivity contribution >= 4 is 33.4 Å². The topological polar surface area (TPSA) is 16.1 Å². The van der Waals surface area contributed by atoms with Crippen LogP contribution in [0.25, 0.3) is 21.7 Å². The highest BCUT2D eigenvalue weighted by molar-refractivity contribution is 7.99. The van der Waals surface area contributed by atoms with Crippen LogP contribution in [-0.4, -0.2) is 34.8 Å². The Bertz CT molecular complexity index is 1110. The quantitative estimate of drug-likeness (QED) is 0.399. The summed E-state index contributed by atoms with van der Waals surface area (Å²) in [7, 11) is 0. The Morgan fingerprint density at radius 1 is 0.793 bits per heavy atom. The minimum atomic E-state index is 0.678. The Kier molecular flexibility index (Phi) is 5.51. The van der Waals surface area contributed by atoms with E-state index in [0.29, 0.717) is 5.25 Å². The summed E-state index contributed by atoms with van der Waals surface area (Å²) in [5, 5.41) is 5.82. The number of nitrogens with zero attached hydrogens (tertiary/aromatic N) is 2. The summed E-state index contributed by atoms with van der Waals surface area (Å²) in [6.07, 6.45) is 3.62. The number of piperidine rings is 1. The first-order valence-electron chi connectivity index (χ1n) is 10.6. The molecule has 0 radical (unpaired) electrons. The summed E-state index contributed by atoms with van der Waals surface area (Å²) in [6.45, 7) is 3.53. The molecule has 0 bridgehead atoms. The number of fused-ring (bicyclic) bond motifs is 2. The zero-order valence-corrected chi connectivity index (χ0v) is 17.4. The largest absolute Gasteiger partial charge is 0.303 e. The van der Waals surface area contributed by atoms with Crippen LogP contribution in [0.15, 0.2) is 83.9 Å². The van der Waals surface area contributed by atoms with Gasteiger partial charge in [-0.05, 0) is 60.8 Å². The molecule has 3 aromatic carbocycles. The van der Waals surface area contributed by atoms with E-state index in [4.69, 9.17) is 4.98 Å². The van der Waals surface area contributed by atoms with Crippen LogP contribution >= 0.6 is 11.8 Å². The van der Waals surface area contributed by atoms with E-state index in [9.17, 15) is 0 Å². The third-order valence-electron chi connectivity index (χ3n) is 5.97. The number of para-hydroxylation sites is 1. The van der Waals surface area contributed by atoms with Crippen LogP contribution in [-0.2, 0) is 6.42 Å². The highest BCUT2D eigenvalue weighted by atomic mass is 32.2. The van der Waals surface area contributed by atoms with Gasteiger partial charge in [0.25, 0.3) is 0 Å². The molecule has 1 aliphatic heterocycles. The van der Waals surface area contributed by atoms with E-state index < -0.39 is 0 Å². The number of hydrogen-bond donors (Lipinski definition) is 0. The second-order valence-corrected chi connectivity index (χ2v) is 9.21. The van der Waals surface area contributed by atoms with Gasteiger partial charge in [0.05, 0.1) is 10.5 Å². The number of likely N-dealkylation sites (tertiary alicyclic amines) is 1. The molecule has 1 aromatic heterocycles. The van der Waals surface area contributed by atoms with E-state index in [-0.39, 0.29) is 0 Å². The normalized spacial score (nSPS) is 15.9. The van der Waals surface area contributed by atoms with Crippen molar-refractivity contribution in [2.45, 2.75) is 29.5 Å². The molecule has 0 spiro atoms. The number of aromatic nitrogens is 1. The average Bonchev–Trinajstić information content (AvgIpc) is 2.78. The maximum atomic E-state index is 4.84. The Balaban J connectivity index is 1.16. The predicted octanol–water partition coefficient (Wildman–Crippen LogP) is 6.19. The smallest absolute Gasteiger partial charge is 0.0970 e. The molecular weight excluding hydrogens is 372 g/mol. The van der Waals surface area contributed by atoms with E-state index in [1.165, 1.54) is 47.7 Å². The van der Waals surface area contributed by atoms with Gasteiger partial charge in [-0.25, -0.2) is 4.98 Å². The van der Waals surface area contributed by atoms with E-state index in [1.807, 2.05) is 11.8 Å². The van der Waals surface area contributed by atoms with Crippen molar-refractivity contribution < 1.29 is 0 Å². The Labute approximate surface area is 177 Å². The summed E-state index contributed by atoms with van der Waals surface area (Å²) >= 11 is 1.96. The van der Waals surface area contributed by atoms with Crippen molar-refractivity contribution in [3.8, 4) is 0 Å². The third-order valence-corrected chi connectivity index (χ3v) is 7.25. The van der Waals surface area contributed by atoms with Crippen LogP contribution in [0.1, 0.15) is 18.4 Å². The number of pyridine rings is 1. The molecule has 1 saturated heterocycles. The molecular formula is C26H26N2S. The fourth-order valence-corrected chi connectivity index (χ4v) is 5.41. The van der Waals surface area contributed by atoms with Gasteiger partial charge in [-0.2, -0.15) is 0 Å². The second kappa shape index (κ2) is 8.56. The van der Waals surface area contributed by atoms with Crippen molar-refractivity contribution in [1.29, 1.82) is 0 Å². The third kappa shape index (κ3) is 4.31. The van der Waals surface area contributed by atoms with E-state index in [0.717, 1.165) is 23.5 Å². The van der Waals surface area contributed by atoms with Gasteiger partial charge in [-0.15, -0.1) is 11.8 Å². The minimum Gasteiger partial charge on any atom is -0.303 e. The first-order valence-corrected chi connectivity index (χ1v) is 11.4. The number of benzene rings is 3. The van der Waals surface area contributed by atoms with Gasteiger partial charge in [0, 0.05) is 17.2 Å². The monoisotopic (exact) mass is 398 g/mol. The highest BCUT2D eigenvalue weighted by Crippen LogP contribution is 2.30. The van der Waals surface area contributed by atoms with Crippen LogP contribution in [0, 0.1) is 0 Å². The summed E-state index contributed by atoms with van der Waals surface area (Å²) in [5.41, 5.74) is 2.57. The first kappa shape index (κ1) is 18.7. The van der Waals surface area contributed by atoms with Crippen LogP contribution < -0.4 is 0 Å². The van der Waals surface area contributed by atoms with Crippen molar-refractivity contribution in [2.75, 3.05) is 19.6 Å². The Morgan fingerprint density at radius 3 is 2.45 bits per heavy atom. The van der Waals surface area contributed by atoms with Gasteiger partial charge in [0.15, 0.2) is 0 Å². The fourth-order valence-electron chi connectivity index (χ4n) is 4.32. The zero-order chi connectivity index (χ0) is 19.5. The lowest BCUT2D eigenvalue weighted by molar-refractivity contribution is 0.235. The highest BCUT2D eigenvalue weighted by Gasteiger charge is 2.20. The molecule has 2 nitrogen and oxygen atoms in total. The lowest BCUT2D eigenvalue weighted by Crippen LogP contribution is -2.36. The van der Waals surface area contributed by atoms with Crippen LogP contribution in [0.4, 0.5) is 0 Å². The van der Waals surface area contributed by atoms with Crippen LogP contribution in [0.2, 0.25) is 0 Å². The number of thioether (sulfide) groups is 1. The van der Waals surface area contributed by atoms with Crippen molar-refractivity contribution in [3.63, 3.8) is 0 Å². The van der Waals surface area contributed by atoms with Gasteiger partial charge in [-0.3, -0.25) is 0 Å². The molecule has 0 atom stereocenters. The molecule has 1 fully saturated rings. The summed E-state index contributed by atoms with van der Waals surface area (Å²) in [5.74, 6) is 0. The summed E-state index contributed by atoms with van der Waals surface area (Å²) < 4.78 is 0. The zero-order valence-electron chi connectivity index (χ0n) is 16.6. The molecule has 0 aliphatic carbocycles. The molecule has 2 heterocycles. The molecule has 3 heteroatoms. The molecule has 0 amide bonds. The fraction of sp³-hybridized carbons (Fsp3) is 0.269. The number of hydrogen-bond acceptors (Lipinski definition) is 3. The first-order chi connectivity index (χ1) is 14.3. The van der Waals surface area contributed by atoms with Gasteiger partial charge in [-0.1, -0.05) is 66.7 Å². The predicted molar refractivity (Wildman–Crippen MR) is 125 cm³/mol. The molecule has 0 saturated carbocycles. The van der Waals surface area contributed by atoms with Gasteiger partial charge >= 0.3 is 0 Å². The molecule has 29 heavy (non-hydrogen) atoms. The van der Waals surface area contributed by atoms with Gasteiger partial charge in [0.1, 0.15) is 0 Å². The van der Waals surface area contributed by atoms with E-state index in [2.05, 4.69) is 83.8 Å². The molecule has 5 rings (SSSR count). The lowest BCUT2D eigenvalue weighted by atomic mass is 10.0. The maximum absolute atomic E-state index is 4.84. The molecule has 0 unspecified atom stereocenters. The van der Waals surface area contributed by atoms with Crippen molar-refractivity contribution in [1.82, 2.24) is 9.88 Å². The maximum Gasteiger partial charge on any atom is 0.0970 e. The Morgan fingerprint density at radius 2 is 1.55 bits per heavy atom. The van der Waals surface area contributed by atoms with E-state index in [1.54, 1.807) is 0 Å². The minimum absolute atomic E-state index is 0.678.